The molecule has 2 N–H and O–H groups in total. The molecule has 0 saturated heterocycles. The van der Waals surface area contributed by atoms with E-state index in [-0.39, 0.29) is 11.2 Å². The SMILES string of the molecule is COc1cccc(-c2ccn(CCCN(C)C)c(=O)c2N)c1. The van der Waals surface area contributed by atoms with Gasteiger partial charge in [0.15, 0.2) is 0 Å². The summed E-state index contributed by atoms with van der Waals surface area (Å²) in [6.45, 7) is 1.60. The van der Waals surface area contributed by atoms with Crippen LogP contribution >= 0.6 is 0 Å². The Kier molecular flexibility index (Phi) is 5.22. The Labute approximate surface area is 130 Å². The molecule has 5 nitrogen and oxygen atoms in total. The largest absolute Gasteiger partial charge is 0.497 e. The zero-order chi connectivity index (χ0) is 16.1. The second kappa shape index (κ2) is 7.13. The molecule has 5 heteroatoms. The zero-order valence-corrected chi connectivity index (χ0v) is 13.4. The summed E-state index contributed by atoms with van der Waals surface area (Å²) in [7, 11) is 5.65. The van der Waals surface area contributed by atoms with Crippen LogP contribution in [0.5, 0.6) is 5.75 Å². The molecule has 1 aromatic heterocycles. The van der Waals surface area contributed by atoms with Crippen molar-refractivity contribution in [3.05, 3.63) is 46.9 Å². The molecule has 118 valence electrons. The van der Waals surface area contributed by atoms with E-state index in [0.29, 0.717) is 6.54 Å². The predicted molar refractivity (Wildman–Crippen MR) is 90.3 cm³/mol. The van der Waals surface area contributed by atoms with Gasteiger partial charge in [-0.1, -0.05) is 12.1 Å². The van der Waals surface area contributed by atoms with E-state index < -0.39 is 0 Å². The fourth-order valence-corrected chi connectivity index (χ4v) is 2.37. The average molecular weight is 301 g/mol. The Hall–Kier alpha value is -2.27. The van der Waals surface area contributed by atoms with E-state index in [4.69, 9.17) is 10.5 Å². The van der Waals surface area contributed by atoms with Gasteiger partial charge >= 0.3 is 0 Å². The number of nitrogens with zero attached hydrogens (tertiary/aromatic N) is 2. The van der Waals surface area contributed by atoms with Crippen LogP contribution < -0.4 is 16.0 Å². The van der Waals surface area contributed by atoms with Crippen LogP contribution in [-0.2, 0) is 6.54 Å². The van der Waals surface area contributed by atoms with Gasteiger partial charge in [0, 0.05) is 18.3 Å². The smallest absolute Gasteiger partial charge is 0.274 e. The monoisotopic (exact) mass is 301 g/mol. The predicted octanol–water partition coefficient (Wildman–Crippen LogP) is 2.06. The maximum Gasteiger partial charge on any atom is 0.274 e. The van der Waals surface area contributed by atoms with Crippen molar-refractivity contribution < 1.29 is 4.74 Å². The number of rotatable bonds is 6. The van der Waals surface area contributed by atoms with Gasteiger partial charge in [-0.2, -0.15) is 0 Å². The van der Waals surface area contributed by atoms with Gasteiger partial charge in [-0.25, -0.2) is 0 Å². The third-order valence-electron chi connectivity index (χ3n) is 3.59. The van der Waals surface area contributed by atoms with Crippen molar-refractivity contribution in [2.75, 3.05) is 33.5 Å². The van der Waals surface area contributed by atoms with Gasteiger partial charge in [0.25, 0.3) is 5.56 Å². The molecule has 0 unspecified atom stereocenters. The summed E-state index contributed by atoms with van der Waals surface area (Å²) < 4.78 is 6.89. The van der Waals surface area contributed by atoms with Crippen LogP contribution in [0.2, 0.25) is 0 Å². The summed E-state index contributed by atoms with van der Waals surface area (Å²) in [6, 6.07) is 9.44. The van der Waals surface area contributed by atoms with Crippen LogP contribution in [0, 0.1) is 0 Å². The van der Waals surface area contributed by atoms with E-state index in [1.54, 1.807) is 11.7 Å². The maximum atomic E-state index is 12.4. The summed E-state index contributed by atoms with van der Waals surface area (Å²) in [6.07, 6.45) is 2.72. The molecule has 1 aromatic carbocycles. The molecular formula is C17H23N3O2. The third kappa shape index (κ3) is 3.68. The van der Waals surface area contributed by atoms with Crippen molar-refractivity contribution in [2.24, 2.45) is 0 Å². The Morgan fingerprint density at radius 2 is 2.05 bits per heavy atom. The highest BCUT2D eigenvalue weighted by atomic mass is 16.5. The zero-order valence-electron chi connectivity index (χ0n) is 13.4. The molecule has 0 aliphatic rings. The molecule has 0 radical (unpaired) electrons. The molecular weight excluding hydrogens is 278 g/mol. The Balaban J connectivity index is 2.28. The minimum atomic E-state index is -0.140. The normalized spacial score (nSPS) is 10.9. The number of aryl methyl sites for hydroxylation is 1. The lowest BCUT2D eigenvalue weighted by molar-refractivity contribution is 0.385. The summed E-state index contributed by atoms with van der Waals surface area (Å²) in [4.78, 5) is 14.5. The standard InChI is InChI=1S/C17H23N3O2/c1-19(2)9-5-10-20-11-8-15(16(18)17(20)21)13-6-4-7-14(12-13)22-3/h4,6-8,11-12H,5,9-10,18H2,1-3H3. The molecule has 22 heavy (non-hydrogen) atoms. The van der Waals surface area contributed by atoms with Crippen LogP contribution in [0.4, 0.5) is 5.69 Å². The van der Waals surface area contributed by atoms with E-state index in [0.717, 1.165) is 29.8 Å². The van der Waals surface area contributed by atoms with Gasteiger partial charge in [0.05, 0.1) is 7.11 Å². The minimum Gasteiger partial charge on any atom is -0.497 e. The maximum absolute atomic E-state index is 12.4. The molecule has 2 rings (SSSR count). The van der Waals surface area contributed by atoms with E-state index >= 15 is 0 Å². The third-order valence-corrected chi connectivity index (χ3v) is 3.59. The van der Waals surface area contributed by atoms with Gasteiger partial charge in [-0.3, -0.25) is 4.79 Å². The van der Waals surface area contributed by atoms with Crippen molar-refractivity contribution in [2.45, 2.75) is 13.0 Å². The van der Waals surface area contributed by atoms with Crippen molar-refractivity contribution in [3.8, 4) is 16.9 Å². The van der Waals surface area contributed by atoms with E-state index in [2.05, 4.69) is 4.90 Å². The minimum absolute atomic E-state index is 0.140. The van der Waals surface area contributed by atoms with Crippen LogP contribution in [-0.4, -0.2) is 37.2 Å². The molecule has 0 saturated carbocycles. The average Bonchev–Trinajstić information content (AvgIpc) is 2.51. The highest BCUT2D eigenvalue weighted by Crippen LogP contribution is 2.26. The second-order valence-electron chi connectivity index (χ2n) is 5.53. The second-order valence-corrected chi connectivity index (χ2v) is 5.53. The number of nitrogen functional groups attached to an aromatic ring is 1. The Bertz CT molecular complexity index is 693. The number of hydrogen-bond donors (Lipinski definition) is 1. The van der Waals surface area contributed by atoms with Gasteiger partial charge in [-0.15, -0.1) is 0 Å². The fraction of sp³-hybridized carbons (Fsp3) is 0.353. The number of anilines is 1. The van der Waals surface area contributed by atoms with Crippen LogP contribution in [0.25, 0.3) is 11.1 Å². The molecule has 0 bridgehead atoms. The fourth-order valence-electron chi connectivity index (χ4n) is 2.37. The first-order valence-electron chi connectivity index (χ1n) is 7.31. The molecule has 0 spiro atoms. The summed E-state index contributed by atoms with van der Waals surface area (Å²) in [5.41, 5.74) is 7.82. The highest BCUT2D eigenvalue weighted by Gasteiger charge is 2.09. The van der Waals surface area contributed by atoms with Crippen molar-refractivity contribution in [1.29, 1.82) is 0 Å². The van der Waals surface area contributed by atoms with Crippen molar-refractivity contribution in [3.63, 3.8) is 0 Å². The number of methoxy groups -OCH3 is 1. The van der Waals surface area contributed by atoms with E-state index in [9.17, 15) is 4.79 Å². The highest BCUT2D eigenvalue weighted by molar-refractivity contribution is 5.76. The van der Waals surface area contributed by atoms with Crippen LogP contribution in [0.3, 0.4) is 0 Å². The molecule has 1 heterocycles. The molecule has 0 aliphatic carbocycles. The number of benzene rings is 1. The first-order chi connectivity index (χ1) is 10.5. The first kappa shape index (κ1) is 16.1. The Morgan fingerprint density at radius 1 is 1.27 bits per heavy atom. The Morgan fingerprint density at radius 3 is 2.73 bits per heavy atom. The van der Waals surface area contributed by atoms with Crippen molar-refractivity contribution >= 4 is 5.69 Å². The number of pyridine rings is 1. The van der Waals surface area contributed by atoms with E-state index in [1.165, 1.54) is 0 Å². The lowest BCUT2D eigenvalue weighted by Gasteiger charge is -2.13. The molecule has 0 fully saturated rings. The lowest BCUT2D eigenvalue weighted by atomic mass is 10.1. The van der Waals surface area contributed by atoms with Gasteiger partial charge in [-0.05, 0) is 50.8 Å². The van der Waals surface area contributed by atoms with E-state index in [1.807, 2.05) is 50.6 Å². The van der Waals surface area contributed by atoms with Gasteiger partial charge in [0.2, 0.25) is 0 Å². The van der Waals surface area contributed by atoms with Crippen LogP contribution in [0.1, 0.15) is 6.42 Å². The molecule has 0 aliphatic heterocycles. The summed E-state index contributed by atoms with van der Waals surface area (Å²) >= 11 is 0. The van der Waals surface area contributed by atoms with Crippen molar-refractivity contribution in [1.82, 2.24) is 9.47 Å². The molecule has 0 atom stereocenters. The van der Waals surface area contributed by atoms with Gasteiger partial charge < -0.3 is 19.9 Å². The quantitative estimate of drug-likeness (QED) is 0.887. The van der Waals surface area contributed by atoms with Crippen LogP contribution in [0.15, 0.2) is 41.3 Å². The summed E-state index contributed by atoms with van der Waals surface area (Å²) in [5, 5.41) is 0. The molecule has 2 aromatic rings. The summed E-state index contributed by atoms with van der Waals surface area (Å²) in [5.74, 6) is 0.743. The molecule has 0 amide bonds. The lowest BCUT2D eigenvalue weighted by Crippen LogP contribution is -2.25. The topological polar surface area (TPSA) is 60.5 Å². The first-order valence-corrected chi connectivity index (χ1v) is 7.31. The number of aromatic nitrogens is 1. The van der Waals surface area contributed by atoms with Gasteiger partial charge in [0.1, 0.15) is 11.4 Å². The number of ether oxygens (including phenoxy) is 1. The number of nitrogens with two attached hydrogens (primary N) is 1. The number of hydrogen-bond acceptors (Lipinski definition) is 4.